The van der Waals surface area contributed by atoms with Crippen molar-refractivity contribution < 1.29 is 5.11 Å². The summed E-state index contributed by atoms with van der Waals surface area (Å²) < 4.78 is 1.92. The fourth-order valence-corrected chi connectivity index (χ4v) is 1.81. The normalized spacial score (nSPS) is 10.5. The van der Waals surface area contributed by atoms with Crippen LogP contribution in [0, 0.1) is 18.3 Å². The Hall–Kier alpha value is -1.31. The molecular formula is C13H21N3O. The van der Waals surface area contributed by atoms with E-state index in [2.05, 4.69) is 11.4 Å². The van der Waals surface area contributed by atoms with E-state index in [0.29, 0.717) is 5.69 Å². The van der Waals surface area contributed by atoms with Gasteiger partial charge in [-0.15, -0.1) is 0 Å². The minimum Gasteiger partial charge on any atom is -0.396 e. The number of aliphatic hydroxyl groups excluding tert-OH is 1. The molecule has 1 heterocycles. The maximum atomic E-state index is 8.91. The zero-order valence-electron chi connectivity index (χ0n) is 10.7. The molecule has 0 amide bonds. The largest absolute Gasteiger partial charge is 0.396 e. The summed E-state index contributed by atoms with van der Waals surface area (Å²) in [6, 6.07) is 4.12. The number of hydrogen-bond donors (Lipinski definition) is 2. The van der Waals surface area contributed by atoms with E-state index in [1.165, 1.54) is 5.56 Å². The first-order valence-corrected chi connectivity index (χ1v) is 6.07. The minimum atomic E-state index is 0.281. The van der Waals surface area contributed by atoms with Crippen molar-refractivity contribution in [2.75, 3.05) is 13.2 Å². The molecule has 2 N–H and O–H groups in total. The number of aliphatic hydroxyl groups is 1. The van der Waals surface area contributed by atoms with Gasteiger partial charge in [-0.2, -0.15) is 5.26 Å². The average molecular weight is 235 g/mol. The van der Waals surface area contributed by atoms with Crippen LogP contribution in [0.3, 0.4) is 0 Å². The molecule has 0 radical (unpaired) electrons. The highest BCUT2D eigenvalue weighted by atomic mass is 16.2. The standard InChI is InChI=1S/C13H21N3O/c1-11-12(8-13(9-14)16(11)2)10-15-6-4-3-5-7-17/h8,15,17H,3-7,10H2,1-2H3. The van der Waals surface area contributed by atoms with Crippen molar-refractivity contribution in [1.29, 1.82) is 5.26 Å². The summed E-state index contributed by atoms with van der Waals surface area (Å²) >= 11 is 0. The summed E-state index contributed by atoms with van der Waals surface area (Å²) in [4.78, 5) is 0. The van der Waals surface area contributed by atoms with E-state index in [1.807, 2.05) is 24.6 Å². The van der Waals surface area contributed by atoms with Gasteiger partial charge in [0.15, 0.2) is 0 Å². The molecule has 1 aromatic heterocycles. The Kier molecular flexibility index (Phi) is 5.75. The van der Waals surface area contributed by atoms with E-state index in [4.69, 9.17) is 10.4 Å². The first-order valence-electron chi connectivity index (χ1n) is 6.07. The molecule has 0 unspecified atom stereocenters. The topological polar surface area (TPSA) is 61.0 Å². The first kappa shape index (κ1) is 13.8. The molecule has 4 heteroatoms. The highest BCUT2D eigenvalue weighted by Crippen LogP contribution is 2.12. The first-order chi connectivity index (χ1) is 8.20. The van der Waals surface area contributed by atoms with Gasteiger partial charge in [0.25, 0.3) is 0 Å². The Balaban J connectivity index is 2.35. The molecule has 0 spiro atoms. The van der Waals surface area contributed by atoms with Gasteiger partial charge in [0.05, 0.1) is 0 Å². The third-order valence-corrected chi connectivity index (χ3v) is 3.08. The number of rotatable bonds is 7. The van der Waals surface area contributed by atoms with E-state index in [0.717, 1.165) is 38.0 Å². The molecule has 4 nitrogen and oxygen atoms in total. The van der Waals surface area contributed by atoms with Gasteiger partial charge in [-0.05, 0) is 44.4 Å². The van der Waals surface area contributed by atoms with E-state index in [9.17, 15) is 0 Å². The van der Waals surface area contributed by atoms with Crippen LogP contribution >= 0.6 is 0 Å². The number of unbranched alkanes of at least 4 members (excludes halogenated alkanes) is 2. The molecule has 0 aromatic carbocycles. The molecule has 0 fully saturated rings. The van der Waals surface area contributed by atoms with Crippen molar-refractivity contribution in [2.45, 2.75) is 32.7 Å². The highest BCUT2D eigenvalue weighted by molar-refractivity contribution is 5.33. The molecule has 0 saturated carbocycles. The lowest BCUT2D eigenvalue weighted by molar-refractivity contribution is 0.283. The number of nitrogens with one attached hydrogen (secondary N) is 1. The van der Waals surface area contributed by atoms with E-state index in [-0.39, 0.29) is 6.61 Å². The van der Waals surface area contributed by atoms with Crippen LogP contribution in [0.4, 0.5) is 0 Å². The third-order valence-electron chi connectivity index (χ3n) is 3.08. The lowest BCUT2D eigenvalue weighted by Gasteiger charge is -2.05. The molecule has 1 aromatic rings. The predicted octanol–water partition coefficient (Wildman–Crippen LogP) is 1.46. The van der Waals surface area contributed by atoms with Crippen molar-refractivity contribution in [2.24, 2.45) is 7.05 Å². The Morgan fingerprint density at radius 1 is 1.41 bits per heavy atom. The quantitative estimate of drug-likeness (QED) is 0.703. The maximum absolute atomic E-state index is 8.91. The Morgan fingerprint density at radius 2 is 2.18 bits per heavy atom. The number of hydrogen-bond acceptors (Lipinski definition) is 3. The van der Waals surface area contributed by atoms with Gasteiger partial charge in [0.1, 0.15) is 11.8 Å². The van der Waals surface area contributed by atoms with Crippen molar-refractivity contribution in [3.8, 4) is 6.07 Å². The third kappa shape index (κ3) is 3.88. The molecule has 0 bridgehead atoms. The van der Waals surface area contributed by atoms with Gasteiger partial charge >= 0.3 is 0 Å². The fraction of sp³-hybridized carbons (Fsp3) is 0.615. The predicted molar refractivity (Wildman–Crippen MR) is 67.5 cm³/mol. The summed E-state index contributed by atoms with van der Waals surface area (Å²) in [6.07, 6.45) is 3.02. The van der Waals surface area contributed by atoms with Gasteiger partial charge in [-0.25, -0.2) is 0 Å². The van der Waals surface area contributed by atoms with Crippen LogP contribution in [0.25, 0.3) is 0 Å². The minimum absolute atomic E-state index is 0.281. The summed E-state index contributed by atoms with van der Waals surface area (Å²) in [7, 11) is 1.92. The van der Waals surface area contributed by atoms with E-state index in [1.54, 1.807) is 0 Å². The van der Waals surface area contributed by atoms with Crippen LogP contribution in [0.15, 0.2) is 6.07 Å². The monoisotopic (exact) mass is 235 g/mol. The van der Waals surface area contributed by atoms with Crippen molar-refractivity contribution in [3.63, 3.8) is 0 Å². The van der Waals surface area contributed by atoms with Crippen LogP contribution in [0.5, 0.6) is 0 Å². The highest BCUT2D eigenvalue weighted by Gasteiger charge is 2.07. The summed E-state index contributed by atoms with van der Waals surface area (Å²) in [5, 5.41) is 20.9. The van der Waals surface area contributed by atoms with Crippen LogP contribution in [0.2, 0.25) is 0 Å². The Bertz CT molecular complexity index is 390. The Labute approximate surface area is 103 Å². The van der Waals surface area contributed by atoms with Gasteiger partial charge in [0.2, 0.25) is 0 Å². The lowest BCUT2D eigenvalue weighted by atomic mass is 10.2. The molecule has 17 heavy (non-hydrogen) atoms. The lowest BCUT2D eigenvalue weighted by Crippen LogP contribution is -2.15. The Morgan fingerprint density at radius 3 is 2.76 bits per heavy atom. The van der Waals surface area contributed by atoms with Gasteiger partial charge < -0.3 is 15.0 Å². The molecule has 0 aliphatic heterocycles. The second kappa shape index (κ2) is 7.10. The molecule has 0 aliphatic carbocycles. The van der Waals surface area contributed by atoms with Crippen LogP contribution in [-0.2, 0) is 13.6 Å². The molecular weight excluding hydrogens is 214 g/mol. The zero-order chi connectivity index (χ0) is 12.7. The van der Waals surface area contributed by atoms with E-state index >= 15 is 0 Å². The van der Waals surface area contributed by atoms with Crippen LogP contribution < -0.4 is 5.32 Å². The van der Waals surface area contributed by atoms with Crippen molar-refractivity contribution in [1.82, 2.24) is 9.88 Å². The number of nitrogens with zero attached hydrogens (tertiary/aromatic N) is 2. The SMILES string of the molecule is Cc1c(CNCCCCCO)cc(C#N)n1C. The summed E-state index contributed by atoms with van der Waals surface area (Å²) in [5.74, 6) is 0. The van der Waals surface area contributed by atoms with Gasteiger partial charge in [-0.3, -0.25) is 0 Å². The zero-order valence-corrected chi connectivity index (χ0v) is 10.7. The second-order valence-corrected chi connectivity index (χ2v) is 4.27. The molecule has 0 atom stereocenters. The molecule has 94 valence electrons. The smallest absolute Gasteiger partial charge is 0.120 e. The fourth-order valence-electron chi connectivity index (χ4n) is 1.81. The second-order valence-electron chi connectivity index (χ2n) is 4.27. The van der Waals surface area contributed by atoms with Gasteiger partial charge in [0, 0.05) is 25.9 Å². The maximum Gasteiger partial charge on any atom is 0.120 e. The van der Waals surface area contributed by atoms with Crippen molar-refractivity contribution in [3.05, 3.63) is 23.0 Å². The van der Waals surface area contributed by atoms with E-state index < -0.39 is 0 Å². The summed E-state index contributed by atoms with van der Waals surface area (Å²) in [5.41, 5.74) is 3.04. The van der Waals surface area contributed by atoms with Crippen LogP contribution in [-0.4, -0.2) is 22.8 Å². The number of aromatic nitrogens is 1. The molecule has 0 saturated heterocycles. The van der Waals surface area contributed by atoms with Crippen molar-refractivity contribution >= 4 is 0 Å². The average Bonchev–Trinajstić information content (AvgIpc) is 2.61. The van der Waals surface area contributed by atoms with Crippen LogP contribution in [0.1, 0.15) is 36.2 Å². The summed E-state index contributed by atoms with van der Waals surface area (Å²) in [6.45, 7) is 4.07. The molecule has 0 aliphatic rings. The van der Waals surface area contributed by atoms with Gasteiger partial charge in [-0.1, -0.05) is 0 Å². The number of nitriles is 1. The molecule has 1 rings (SSSR count).